The number of carbonyl (C=O) groups excluding carboxylic acids is 3. The summed E-state index contributed by atoms with van der Waals surface area (Å²) >= 11 is 6.04. The number of rotatable bonds is 12. The molecule has 4 rings (SSSR count). The molecule has 1 aliphatic rings. The highest BCUT2D eigenvalue weighted by molar-refractivity contribution is 6.31. The number of unbranched alkanes of at least 4 members (excludes halogenated alkanes) is 3. The van der Waals surface area contributed by atoms with E-state index in [4.69, 9.17) is 11.6 Å². The lowest BCUT2D eigenvalue weighted by atomic mass is 10.1. The van der Waals surface area contributed by atoms with Gasteiger partial charge in [-0.3, -0.25) is 24.3 Å². The fourth-order valence-corrected chi connectivity index (χ4v) is 4.42. The summed E-state index contributed by atoms with van der Waals surface area (Å²) in [6.45, 7) is 1.76. The smallest absolute Gasteiger partial charge is 0.261 e. The average molecular weight is 493 g/mol. The zero-order valence-electron chi connectivity index (χ0n) is 19.6. The molecular weight excluding hydrogens is 464 g/mol. The molecule has 2 heterocycles. The molecule has 0 saturated heterocycles. The summed E-state index contributed by atoms with van der Waals surface area (Å²) in [6.07, 6.45) is 6.58. The van der Waals surface area contributed by atoms with Gasteiger partial charge in [0.25, 0.3) is 11.8 Å². The van der Waals surface area contributed by atoms with Crippen LogP contribution >= 0.6 is 11.6 Å². The molecule has 1 aromatic heterocycles. The lowest BCUT2D eigenvalue weighted by Crippen LogP contribution is -2.32. The Balaban J connectivity index is 1.05. The summed E-state index contributed by atoms with van der Waals surface area (Å²) in [5, 5.41) is 8.13. The monoisotopic (exact) mass is 492 g/mol. The molecule has 2 aromatic carbocycles. The molecule has 7 nitrogen and oxygen atoms in total. The number of anilines is 1. The van der Waals surface area contributed by atoms with Gasteiger partial charge in [-0.25, -0.2) is 0 Å². The van der Waals surface area contributed by atoms with E-state index >= 15 is 0 Å². The molecule has 0 saturated carbocycles. The summed E-state index contributed by atoms with van der Waals surface area (Å²) in [6, 6.07) is 14.5. The maximum Gasteiger partial charge on any atom is 0.261 e. The third-order valence-corrected chi connectivity index (χ3v) is 6.34. The highest BCUT2D eigenvalue weighted by Crippen LogP contribution is 2.25. The van der Waals surface area contributed by atoms with Gasteiger partial charge in [-0.1, -0.05) is 36.6 Å². The van der Waals surface area contributed by atoms with Crippen LogP contribution in [0.5, 0.6) is 0 Å². The fourth-order valence-electron chi connectivity index (χ4n) is 4.26. The molecule has 2 N–H and O–H groups in total. The second-order valence-corrected chi connectivity index (χ2v) is 9.06. The van der Waals surface area contributed by atoms with Crippen LogP contribution in [0.4, 0.5) is 5.69 Å². The Morgan fingerprint density at radius 2 is 1.60 bits per heavy atom. The van der Waals surface area contributed by atoms with Crippen molar-refractivity contribution in [2.24, 2.45) is 0 Å². The number of aromatic nitrogens is 1. The summed E-state index contributed by atoms with van der Waals surface area (Å²) in [4.78, 5) is 42.4. The van der Waals surface area contributed by atoms with E-state index in [1.54, 1.807) is 30.5 Å². The van der Waals surface area contributed by atoms with E-state index < -0.39 is 0 Å². The number of fused-ring (bicyclic) bond motifs is 2. The molecule has 0 atom stereocenters. The summed E-state index contributed by atoms with van der Waals surface area (Å²) in [7, 11) is 0. The Hall–Kier alpha value is -3.45. The molecule has 1 aliphatic heterocycles. The van der Waals surface area contributed by atoms with Crippen molar-refractivity contribution in [2.75, 3.05) is 25.0 Å². The number of imide groups is 1. The number of pyridine rings is 1. The van der Waals surface area contributed by atoms with Crippen LogP contribution in [-0.2, 0) is 4.79 Å². The van der Waals surface area contributed by atoms with Crippen molar-refractivity contribution in [1.82, 2.24) is 15.2 Å². The van der Waals surface area contributed by atoms with Gasteiger partial charge in [0, 0.05) is 48.3 Å². The van der Waals surface area contributed by atoms with Crippen molar-refractivity contribution in [1.29, 1.82) is 0 Å². The summed E-state index contributed by atoms with van der Waals surface area (Å²) < 4.78 is 0. The first-order valence-electron chi connectivity index (χ1n) is 12.0. The van der Waals surface area contributed by atoms with Crippen LogP contribution < -0.4 is 10.6 Å². The van der Waals surface area contributed by atoms with Gasteiger partial charge >= 0.3 is 0 Å². The largest absolute Gasteiger partial charge is 0.384 e. The van der Waals surface area contributed by atoms with Crippen molar-refractivity contribution in [3.05, 3.63) is 70.9 Å². The van der Waals surface area contributed by atoms with E-state index in [0.717, 1.165) is 48.8 Å². The number of nitrogens with zero attached hydrogens (tertiary/aromatic N) is 2. The zero-order chi connectivity index (χ0) is 24.6. The normalized spacial score (nSPS) is 12.8. The van der Waals surface area contributed by atoms with Crippen molar-refractivity contribution in [3.8, 4) is 0 Å². The van der Waals surface area contributed by atoms with Crippen LogP contribution in [0.3, 0.4) is 0 Å². The highest BCUT2D eigenvalue weighted by atomic mass is 35.5. The first kappa shape index (κ1) is 24.7. The van der Waals surface area contributed by atoms with E-state index in [2.05, 4.69) is 15.6 Å². The van der Waals surface area contributed by atoms with Gasteiger partial charge in [0.1, 0.15) is 0 Å². The minimum absolute atomic E-state index is 0.0482. The van der Waals surface area contributed by atoms with Crippen LogP contribution in [0.15, 0.2) is 54.7 Å². The highest BCUT2D eigenvalue weighted by Gasteiger charge is 2.34. The third-order valence-electron chi connectivity index (χ3n) is 6.11. The standard InChI is InChI=1S/C27H29ClN4O3/c28-19-11-12-22-23(13-16-30-24(22)18-19)29-14-5-1-2-6-15-31-25(33)10-7-17-32-26(34)20-8-3-4-9-21(20)27(32)35/h3-4,8-9,11-13,16,18H,1-2,5-7,10,14-15,17H2,(H,29,30)(H,31,33). The van der Waals surface area contributed by atoms with Gasteiger partial charge in [-0.2, -0.15) is 0 Å². The van der Waals surface area contributed by atoms with Gasteiger partial charge in [0.15, 0.2) is 0 Å². The number of hydrogen-bond acceptors (Lipinski definition) is 5. The SMILES string of the molecule is O=C(CCCN1C(=O)c2ccccc2C1=O)NCCCCCCNc1ccnc2cc(Cl)ccc12. The molecule has 8 heteroatoms. The maximum atomic E-state index is 12.3. The van der Waals surface area contributed by atoms with Crippen LogP contribution in [0.2, 0.25) is 5.02 Å². The van der Waals surface area contributed by atoms with Crippen molar-refractivity contribution < 1.29 is 14.4 Å². The first-order valence-corrected chi connectivity index (χ1v) is 12.4. The van der Waals surface area contributed by atoms with Crippen molar-refractivity contribution in [2.45, 2.75) is 38.5 Å². The Morgan fingerprint density at radius 3 is 2.34 bits per heavy atom. The Kier molecular flexibility index (Phi) is 8.32. The molecule has 0 bridgehead atoms. The predicted molar refractivity (Wildman–Crippen MR) is 138 cm³/mol. The maximum absolute atomic E-state index is 12.3. The molecule has 182 valence electrons. The molecule has 0 aliphatic carbocycles. The second kappa shape index (κ2) is 11.8. The number of amides is 3. The molecule has 0 spiro atoms. The summed E-state index contributed by atoms with van der Waals surface area (Å²) in [5.74, 6) is -0.600. The number of halogens is 1. The number of hydrogen-bond donors (Lipinski definition) is 2. The van der Waals surface area contributed by atoms with Gasteiger partial charge in [-0.15, -0.1) is 0 Å². The molecule has 35 heavy (non-hydrogen) atoms. The van der Waals surface area contributed by atoms with E-state index in [9.17, 15) is 14.4 Å². The van der Waals surface area contributed by atoms with Crippen LogP contribution in [0, 0.1) is 0 Å². The molecule has 3 aromatic rings. The van der Waals surface area contributed by atoms with E-state index in [1.165, 1.54) is 4.90 Å². The third kappa shape index (κ3) is 6.17. The molecule has 0 fully saturated rings. The van der Waals surface area contributed by atoms with Gasteiger partial charge in [0.2, 0.25) is 5.91 Å². The fraction of sp³-hybridized carbons (Fsp3) is 0.333. The molecule has 0 radical (unpaired) electrons. The van der Waals surface area contributed by atoms with Crippen LogP contribution in [0.25, 0.3) is 10.9 Å². The Labute approximate surface area is 209 Å². The van der Waals surface area contributed by atoms with E-state index in [-0.39, 0.29) is 24.3 Å². The lowest BCUT2D eigenvalue weighted by Gasteiger charge is -2.13. The number of nitrogens with one attached hydrogen (secondary N) is 2. The topological polar surface area (TPSA) is 91.4 Å². The molecule has 0 unspecified atom stereocenters. The zero-order valence-corrected chi connectivity index (χ0v) is 20.3. The van der Waals surface area contributed by atoms with Crippen molar-refractivity contribution in [3.63, 3.8) is 0 Å². The Morgan fingerprint density at radius 1 is 0.886 bits per heavy atom. The van der Waals surface area contributed by atoms with Crippen molar-refractivity contribution >= 4 is 45.9 Å². The predicted octanol–water partition coefficient (Wildman–Crippen LogP) is 5.05. The van der Waals surface area contributed by atoms with E-state index in [0.29, 0.717) is 35.5 Å². The second-order valence-electron chi connectivity index (χ2n) is 8.62. The minimum atomic E-state index is -0.276. The van der Waals surface area contributed by atoms with Crippen LogP contribution in [0.1, 0.15) is 59.2 Å². The van der Waals surface area contributed by atoms with Gasteiger partial charge < -0.3 is 10.6 Å². The minimum Gasteiger partial charge on any atom is -0.384 e. The quantitative estimate of drug-likeness (QED) is 0.272. The Bertz CT molecular complexity index is 1200. The summed E-state index contributed by atoms with van der Waals surface area (Å²) in [5.41, 5.74) is 2.81. The van der Waals surface area contributed by atoms with Crippen LogP contribution in [-0.4, -0.2) is 47.2 Å². The number of carbonyl (C=O) groups is 3. The molecule has 3 amide bonds. The number of benzene rings is 2. The average Bonchev–Trinajstić information content (AvgIpc) is 3.10. The first-order chi connectivity index (χ1) is 17.0. The lowest BCUT2D eigenvalue weighted by molar-refractivity contribution is -0.121. The molecular formula is C27H29ClN4O3. The van der Waals surface area contributed by atoms with Gasteiger partial charge in [-0.05, 0) is 55.7 Å². The van der Waals surface area contributed by atoms with Gasteiger partial charge in [0.05, 0.1) is 16.6 Å². The van der Waals surface area contributed by atoms with E-state index in [1.807, 2.05) is 24.3 Å².